The summed E-state index contributed by atoms with van der Waals surface area (Å²) in [5.74, 6) is 1.20. The number of aromatic nitrogens is 2. The molecule has 1 amide bonds. The topological polar surface area (TPSA) is 82.8 Å². The Labute approximate surface area is 147 Å². The standard InChI is InChI=1S/C18H26N6O/c1-2-19-18(22-11-10-20-17(25)14-6-7-14)21-9-8-15-13-24-12-4-3-5-16(24)23-15/h3-5,12-14H,2,6-11H2,1H3,(H,20,25)(H2,19,21,22). The Morgan fingerprint density at radius 3 is 2.88 bits per heavy atom. The molecule has 1 fully saturated rings. The molecule has 2 heterocycles. The van der Waals surface area contributed by atoms with Crippen LogP contribution in [0.15, 0.2) is 35.6 Å². The van der Waals surface area contributed by atoms with E-state index in [1.807, 2.05) is 41.9 Å². The average Bonchev–Trinajstić information content (AvgIpc) is 3.38. The molecular weight excluding hydrogens is 316 g/mol. The second-order valence-corrected chi connectivity index (χ2v) is 6.20. The van der Waals surface area contributed by atoms with Crippen LogP contribution >= 0.6 is 0 Å². The maximum absolute atomic E-state index is 11.6. The van der Waals surface area contributed by atoms with Crippen molar-refractivity contribution in [3.63, 3.8) is 0 Å². The number of guanidine groups is 1. The van der Waals surface area contributed by atoms with Crippen molar-refractivity contribution in [2.75, 3.05) is 26.2 Å². The number of carbonyl (C=O) groups excluding carboxylic acids is 1. The predicted octanol–water partition coefficient (Wildman–Crippen LogP) is 0.958. The van der Waals surface area contributed by atoms with Gasteiger partial charge in [0.15, 0.2) is 5.96 Å². The molecule has 2 aromatic heterocycles. The minimum atomic E-state index is 0.176. The zero-order chi connectivity index (χ0) is 17.5. The summed E-state index contributed by atoms with van der Waals surface area (Å²) in [5.41, 5.74) is 1.99. The van der Waals surface area contributed by atoms with Crippen molar-refractivity contribution >= 4 is 17.5 Å². The van der Waals surface area contributed by atoms with E-state index in [0.29, 0.717) is 19.6 Å². The van der Waals surface area contributed by atoms with Crippen LogP contribution in [-0.2, 0) is 11.2 Å². The summed E-state index contributed by atoms with van der Waals surface area (Å²) in [6, 6.07) is 5.97. The Balaban J connectivity index is 1.43. The molecule has 7 heteroatoms. The summed E-state index contributed by atoms with van der Waals surface area (Å²) in [6.45, 7) is 4.78. The fourth-order valence-corrected chi connectivity index (χ4v) is 2.59. The summed E-state index contributed by atoms with van der Waals surface area (Å²) in [6.07, 6.45) is 6.89. The van der Waals surface area contributed by atoms with Crippen LogP contribution < -0.4 is 16.0 Å². The Bertz CT molecular complexity index is 701. The van der Waals surface area contributed by atoms with Crippen LogP contribution in [0.2, 0.25) is 0 Å². The number of rotatable bonds is 8. The smallest absolute Gasteiger partial charge is 0.223 e. The molecule has 1 saturated carbocycles. The van der Waals surface area contributed by atoms with E-state index in [1.165, 1.54) is 0 Å². The predicted molar refractivity (Wildman–Crippen MR) is 98.6 cm³/mol. The largest absolute Gasteiger partial charge is 0.357 e. The number of carbonyl (C=O) groups is 1. The minimum Gasteiger partial charge on any atom is -0.357 e. The molecule has 2 aromatic rings. The number of imidazole rings is 1. The van der Waals surface area contributed by atoms with E-state index in [1.54, 1.807) is 0 Å². The molecule has 0 aliphatic heterocycles. The highest BCUT2D eigenvalue weighted by molar-refractivity contribution is 5.81. The van der Waals surface area contributed by atoms with Gasteiger partial charge in [0.1, 0.15) is 5.65 Å². The van der Waals surface area contributed by atoms with Crippen molar-refractivity contribution in [3.05, 3.63) is 36.3 Å². The van der Waals surface area contributed by atoms with E-state index in [4.69, 9.17) is 0 Å². The van der Waals surface area contributed by atoms with Crippen molar-refractivity contribution < 1.29 is 4.79 Å². The highest BCUT2D eigenvalue weighted by Gasteiger charge is 2.28. The molecule has 0 aromatic carbocycles. The number of hydrogen-bond donors (Lipinski definition) is 3. The van der Waals surface area contributed by atoms with E-state index in [9.17, 15) is 4.79 Å². The Kier molecular flexibility index (Phi) is 5.87. The third-order valence-corrected chi connectivity index (χ3v) is 4.06. The first-order valence-electron chi connectivity index (χ1n) is 8.99. The lowest BCUT2D eigenvalue weighted by Gasteiger charge is -2.11. The van der Waals surface area contributed by atoms with Crippen molar-refractivity contribution in [2.45, 2.75) is 26.2 Å². The van der Waals surface area contributed by atoms with Crippen LogP contribution in [0.25, 0.3) is 5.65 Å². The highest BCUT2D eigenvalue weighted by atomic mass is 16.2. The molecule has 1 aliphatic carbocycles. The quantitative estimate of drug-likeness (QED) is 0.379. The zero-order valence-electron chi connectivity index (χ0n) is 14.7. The van der Waals surface area contributed by atoms with E-state index < -0.39 is 0 Å². The number of pyridine rings is 1. The van der Waals surface area contributed by atoms with Gasteiger partial charge in [0.25, 0.3) is 0 Å². The Morgan fingerprint density at radius 2 is 2.12 bits per heavy atom. The van der Waals surface area contributed by atoms with Gasteiger partial charge in [-0.3, -0.25) is 9.79 Å². The van der Waals surface area contributed by atoms with Gasteiger partial charge in [-0.05, 0) is 31.9 Å². The summed E-state index contributed by atoms with van der Waals surface area (Å²) in [4.78, 5) is 20.7. The molecule has 134 valence electrons. The Hall–Kier alpha value is -2.57. The van der Waals surface area contributed by atoms with Crippen molar-refractivity contribution in [3.8, 4) is 0 Å². The zero-order valence-corrected chi connectivity index (χ0v) is 14.7. The van der Waals surface area contributed by atoms with Gasteiger partial charge < -0.3 is 20.4 Å². The normalized spacial score (nSPS) is 14.5. The van der Waals surface area contributed by atoms with E-state index >= 15 is 0 Å². The lowest BCUT2D eigenvalue weighted by Crippen LogP contribution is -2.41. The van der Waals surface area contributed by atoms with E-state index in [-0.39, 0.29) is 11.8 Å². The van der Waals surface area contributed by atoms with Gasteiger partial charge in [0, 0.05) is 50.9 Å². The first-order chi connectivity index (χ1) is 12.3. The van der Waals surface area contributed by atoms with Crippen LogP contribution in [-0.4, -0.2) is 47.4 Å². The molecule has 0 atom stereocenters. The second kappa shape index (κ2) is 8.50. The van der Waals surface area contributed by atoms with E-state index in [0.717, 1.165) is 43.1 Å². The SMILES string of the molecule is CCNC(=NCCc1cn2ccccc2n1)NCCNC(=O)C1CC1. The summed E-state index contributed by atoms with van der Waals surface area (Å²) in [7, 11) is 0. The molecule has 0 saturated heterocycles. The fraction of sp³-hybridized carbons (Fsp3) is 0.500. The van der Waals surface area contributed by atoms with E-state index in [2.05, 4.69) is 25.9 Å². The van der Waals surface area contributed by atoms with Gasteiger partial charge in [-0.2, -0.15) is 0 Å². The molecule has 3 N–H and O–H groups in total. The second-order valence-electron chi connectivity index (χ2n) is 6.20. The highest BCUT2D eigenvalue weighted by Crippen LogP contribution is 2.28. The van der Waals surface area contributed by atoms with Crippen LogP contribution in [0.4, 0.5) is 0 Å². The lowest BCUT2D eigenvalue weighted by atomic mass is 10.3. The van der Waals surface area contributed by atoms with Gasteiger partial charge in [-0.25, -0.2) is 4.98 Å². The average molecular weight is 342 g/mol. The number of fused-ring (bicyclic) bond motifs is 1. The number of hydrogen-bond acceptors (Lipinski definition) is 3. The van der Waals surface area contributed by atoms with Gasteiger partial charge in [-0.1, -0.05) is 6.07 Å². The van der Waals surface area contributed by atoms with Crippen LogP contribution in [0.1, 0.15) is 25.5 Å². The van der Waals surface area contributed by atoms with Crippen LogP contribution in [0.5, 0.6) is 0 Å². The molecule has 0 unspecified atom stereocenters. The maximum atomic E-state index is 11.6. The van der Waals surface area contributed by atoms with Crippen LogP contribution in [0.3, 0.4) is 0 Å². The van der Waals surface area contributed by atoms with Crippen molar-refractivity contribution in [1.82, 2.24) is 25.3 Å². The summed E-state index contributed by atoms with van der Waals surface area (Å²) in [5, 5.41) is 9.41. The molecule has 0 spiro atoms. The lowest BCUT2D eigenvalue weighted by molar-refractivity contribution is -0.122. The molecule has 3 rings (SSSR count). The molecular formula is C18H26N6O. The minimum absolute atomic E-state index is 0.176. The molecule has 1 aliphatic rings. The number of amides is 1. The molecule has 25 heavy (non-hydrogen) atoms. The summed E-state index contributed by atoms with van der Waals surface area (Å²) >= 11 is 0. The number of nitrogens with zero attached hydrogens (tertiary/aromatic N) is 3. The number of nitrogens with one attached hydrogen (secondary N) is 3. The van der Waals surface area contributed by atoms with Crippen molar-refractivity contribution in [2.24, 2.45) is 10.9 Å². The maximum Gasteiger partial charge on any atom is 0.223 e. The van der Waals surface area contributed by atoms with Gasteiger partial charge in [0.05, 0.1) is 5.69 Å². The molecule has 7 nitrogen and oxygen atoms in total. The molecule has 0 bridgehead atoms. The monoisotopic (exact) mass is 342 g/mol. The number of aliphatic imine (C=N–C) groups is 1. The first-order valence-corrected chi connectivity index (χ1v) is 8.99. The van der Waals surface area contributed by atoms with Crippen molar-refractivity contribution in [1.29, 1.82) is 0 Å². The molecule has 0 radical (unpaired) electrons. The fourth-order valence-electron chi connectivity index (χ4n) is 2.59. The van der Waals surface area contributed by atoms with Gasteiger partial charge in [-0.15, -0.1) is 0 Å². The third kappa shape index (κ3) is 5.20. The van der Waals surface area contributed by atoms with Crippen LogP contribution in [0, 0.1) is 5.92 Å². The third-order valence-electron chi connectivity index (χ3n) is 4.06. The van der Waals surface area contributed by atoms with Gasteiger partial charge in [0.2, 0.25) is 5.91 Å². The first kappa shape index (κ1) is 17.3. The van der Waals surface area contributed by atoms with Gasteiger partial charge >= 0.3 is 0 Å². The summed E-state index contributed by atoms with van der Waals surface area (Å²) < 4.78 is 2.02. The Morgan fingerprint density at radius 1 is 1.28 bits per heavy atom.